The molecule has 1 amide bonds. The van der Waals surface area contributed by atoms with Crippen LogP contribution in [-0.4, -0.2) is 34.0 Å². The molecule has 0 radical (unpaired) electrons. The number of amides is 1. The van der Waals surface area contributed by atoms with E-state index in [1.165, 1.54) is 0 Å². The zero-order valence-corrected chi connectivity index (χ0v) is 21.9. The molecule has 1 saturated heterocycles. The number of β-lactam (4-membered cyclic amide) rings is 1. The van der Waals surface area contributed by atoms with Crippen molar-refractivity contribution in [3.63, 3.8) is 0 Å². The van der Waals surface area contributed by atoms with Crippen molar-refractivity contribution in [3.05, 3.63) is 66.7 Å². The smallest absolute Gasteiger partial charge is 0.235 e. The Labute approximate surface area is 199 Å². The van der Waals surface area contributed by atoms with Crippen LogP contribution >= 0.6 is 0 Å². The summed E-state index contributed by atoms with van der Waals surface area (Å²) in [7, 11) is -0.419. The second kappa shape index (κ2) is 9.73. The maximum atomic E-state index is 13.6. The Kier molecular flexibility index (Phi) is 7.39. The van der Waals surface area contributed by atoms with Crippen LogP contribution < -0.4 is 14.4 Å². The predicted octanol–water partition coefficient (Wildman–Crippen LogP) is 6.37. The van der Waals surface area contributed by atoms with Crippen LogP contribution in [0.4, 0.5) is 5.69 Å². The van der Waals surface area contributed by atoms with Crippen LogP contribution in [-0.2, 0) is 9.22 Å². The largest absolute Gasteiger partial charge is 0.497 e. The van der Waals surface area contributed by atoms with Gasteiger partial charge < -0.3 is 18.8 Å². The van der Waals surface area contributed by atoms with E-state index in [4.69, 9.17) is 13.9 Å². The molecule has 5 nitrogen and oxygen atoms in total. The van der Waals surface area contributed by atoms with E-state index in [1.807, 2.05) is 60.4 Å². The molecule has 0 unspecified atom stereocenters. The van der Waals surface area contributed by atoms with Crippen molar-refractivity contribution in [3.8, 4) is 11.5 Å². The fourth-order valence-electron chi connectivity index (χ4n) is 4.05. The molecule has 0 aromatic heterocycles. The summed E-state index contributed by atoms with van der Waals surface area (Å²) in [6.07, 6.45) is 1.51. The third-order valence-electron chi connectivity index (χ3n) is 6.88. The van der Waals surface area contributed by atoms with Crippen LogP contribution in [0.25, 0.3) is 0 Å². The van der Waals surface area contributed by atoms with Crippen molar-refractivity contribution in [1.82, 2.24) is 0 Å². The maximum absolute atomic E-state index is 13.6. The van der Waals surface area contributed by atoms with Gasteiger partial charge in [-0.2, -0.15) is 0 Å². The van der Waals surface area contributed by atoms with Crippen molar-refractivity contribution < 1.29 is 18.7 Å². The topological polar surface area (TPSA) is 48.0 Å². The van der Waals surface area contributed by atoms with Gasteiger partial charge in [0.2, 0.25) is 5.91 Å². The number of hydrogen-bond donors (Lipinski definition) is 0. The molecule has 0 N–H and O–H groups in total. The number of methoxy groups -OCH3 is 1. The van der Waals surface area contributed by atoms with Gasteiger partial charge in [-0.05, 0) is 55.4 Å². The lowest BCUT2D eigenvalue weighted by atomic mass is 9.78. The Morgan fingerprint density at radius 2 is 1.76 bits per heavy atom. The van der Waals surface area contributed by atoms with Gasteiger partial charge in [0.1, 0.15) is 18.1 Å². The van der Waals surface area contributed by atoms with E-state index in [-0.39, 0.29) is 29.0 Å². The van der Waals surface area contributed by atoms with Crippen molar-refractivity contribution in [1.29, 1.82) is 0 Å². The normalized spacial score (nSPS) is 19.6. The van der Waals surface area contributed by atoms with Crippen LogP contribution in [0.1, 0.15) is 39.3 Å². The van der Waals surface area contributed by atoms with E-state index < -0.39 is 8.32 Å². The summed E-state index contributed by atoms with van der Waals surface area (Å²) in [5.41, 5.74) is 1.81. The van der Waals surface area contributed by atoms with Crippen molar-refractivity contribution in [2.45, 2.75) is 58.0 Å². The van der Waals surface area contributed by atoms with Gasteiger partial charge in [0.25, 0.3) is 0 Å². The number of ether oxygens (including phenoxy) is 2. The molecular weight excluding hydrogens is 430 g/mol. The summed E-state index contributed by atoms with van der Waals surface area (Å²) in [4.78, 5) is 15.4. The van der Waals surface area contributed by atoms with Gasteiger partial charge in [-0.3, -0.25) is 4.79 Å². The molecule has 0 aliphatic carbocycles. The van der Waals surface area contributed by atoms with Crippen molar-refractivity contribution >= 4 is 19.9 Å². The summed E-state index contributed by atoms with van der Waals surface area (Å²) >= 11 is 0. The Morgan fingerprint density at radius 3 is 2.33 bits per heavy atom. The zero-order valence-electron chi connectivity index (χ0n) is 20.9. The van der Waals surface area contributed by atoms with Gasteiger partial charge in [0, 0.05) is 11.3 Å². The number of hydrogen-bond acceptors (Lipinski definition) is 4. The van der Waals surface area contributed by atoms with Crippen molar-refractivity contribution in [2.24, 2.45) is 5.92 Å². The number of carbonyl (C=O) groups excluding carboxylic acids is 1. The molecular formula is C27H37NO4Si. The molecule has 178 valence electrons. The van der Waals surface area contributed by atoms with E-state index >= 15 is 0 Å². The second-order valence-corrected chi connectivity index (χ2v) is 14.9. The average Bonchev–Trinajstić information content (AvgIpc) is 2.75. The van der Waals surface area contributed by atoms with Gasteiger partial charge >= 0.3 is 0 Å². The van der Waals surface area contributed by atoms with E-state index in [2.05, 4.69) is 40.4 Å². The molecule has 0 bridgehead atoms. The summed E-state index contributed by atoms with van der Waals surface area (Å²) in [6.45, 7) is 17.3. The molecule has 1 heterocycles. The Hall–Kier alpha value is -2.57. The Bertz CT molecular complexity index is 980. The van der Waals surface area contributed by atoms with Crippen LogP contribution in [0.5, 0.6) is 11.5 Å². The van der Waals surface area contributed by atoms with Crippen molar-refractivity contribution in [2.75, 3.05) is 18.6 Å². The van der Waals surface area contributed by atoms with Crippen LogP contribution in [0.3, 0.4) is 0 Å². The number of para-hydroxylation sites is 1. The highest BCUT2D eigenvalue weighted by molar-refractivity contribution is 6.74. The maximum Gasteiger partial charge on any atom is 0.235 e. The minimum absolute atomic E-state index is 0.0597. The first-order chi connectivity index (χ1) is 15.5. The van der Waals surface area contributed by atoms with Gasteiger partial charge in [0.05, 0.1) is 25.2 Å². The molecule has 1 aliphatic heterocycles. The molecule has 2 aromatic carbocycles. The zero-order chi connectivity index (χ0) is 24.4. The molecule has 1 aliphatic rings. The summed E-state index contributed by atoms with van der Waals surface area (Å²) in [5.74, 6) is 1.28. The van der Waals surface area contributed by atoms with Gasteiger partial charge in [0.15, 0.2) is 8.32 Å². The van der Waals surface area contributed by atoms with E-state index in [0.29, 0.717) is 6.61 Å². The molecule has 3 rings (SSSR count). The van der Waals surface area contributed by atoms with E-state index in [9.17, 15) is 4.79 Å². The van der Waals surface area contributed by atoms with E-state index in [1.54, 1.807) is 13.2 Å². The summed E-state index contributed by atoms with van der Waals surface area (Å²) in [6, 6.07) is 15.3. The average molecular weight is 468 g/mol. The standard InChI is InChI=1S/C27H37NO4Si/c1-9-18-31-23-13-11-10-12-22(23)25-24(19(2)32-33(7,8)27(3,4)5)26(29)28(25)20-14-16-21(30-6)17-15-20/h9-17,19,24-25H,1,18H2,2-8H3/t19-,24-,25-/m1/s1. The summed E-state index contributed by atoms with van der Waals surface area (Å²) < 4.78 is 18.0. The van der Waals surface area contributed by atoms with Gasteiger partial charge in [-0.25, -0.2) is 0 Å². The van der Waals surface area contributed by atoms with Crippen LogP contribution in [0.2, 0.25) is 18.1 Å². The first kappa shape index (κ1) is 25.1. The third kappa shape index (κ3) is 5.02. The fourth-order valence-corrected chi connectivity index (χ4v) is 5.48. The lowest BCUT2D eigenvalue weighted by Gasteiger charge is -2.51. The molecule has 33 heavy (non-hydrogen) atoms. The third-order valence-corrected chi connectivity index (χ3v) is 11.5. The first-order valence-electron chi connectivity index (χ1n) is 11.5. The second-order valence-electron chi connectivity index (χ2n) is 10.1. The summed E-state index contributed by atoms with van der Waals surface area (Å²) in [5, 5.41) is 0.0597. The highest BCUT2D eigenvalue weighted by atomic mass is 28.4. The van der Waals surface area contributed by atoms with E-state index in [0.717, 1.165) is 22.7 Å². The minimum atomic E-state index is -2.05. The lowest BCUT2D eigenvalue weighted by molar-refractivity contribution is -0.134. The monoisotopic (exact) mass is 467 g/mol. The van der Waals surface area contributed by atoms with Crippen LogP contribution in [0.15, 0.2) is 61.2 Å². The first-order valence-corrected chi connectivity index (χ1v) is 14.4. The molecule has 0 spiro atoms. The van der Waals surface area contributed by atoms with Crippen LogP contribution in [0, 0.1) is 5.92 Å². The quantitative estimate of drug-likeness (QED) is 0.244. The highest BCUT2D eigenvalue weighted by Crippen LogP contribution is 2.49. The Balaban J connectivity index is 2.01. The number of rotatable bonds is 9. The molecule has 1 fully saturated rings. The number of nitrogens with zero attached hydrogens (tertiary/aromatic N) is 1. The molecule has 2 aromatic rings. The minimum Gasteiger partial charge on any atom is -0.497 e. The number of anilines is 1. The predicted molar refractivity (Wildman–Crippen MR) is 137 cm³/mol. The van der Waals surface area contributed by atoms with Gasteiger partial charge in [-0.1, -0.05) is 51.6 Å². The lowest BCUT2D eigenvalue weighted by Crippen LogP contribution is -2.61. The number of benzene rings is 2. The molecule has 0 saturated carbocycles. The molecule has 6 heteroatoms. The SMILES string of the molecule is C=CCOc1ccccc1[C@@H]1[C@@H]([C@@H](C)O[Si](C)(C)C(C)(C)C)C(=O)N1c1ccc(OC)cc1. The molecule has 3 atom stereocenters. The number of carbonyl (C=O) groups is 1. The van der Waals surface area contributed by atoms with Gasteiger partial charge in [-0.15, -0.1) is 0 Å². The fraction of sp³-hybridized carbons (Fsp3) is 0.444. The highest BCUT2D eigenvalue weighted by Gasteiger charge is 2.54. The Morgan fingerprint density at radius 1 is 1.12 bits per heavy atom.